The van der Waals surface area contributed by atoms with Gasteiger partial charge in [0.1, 0.15) is 5.82 Å². The lowest BCUT2D eigenvalue weighted by Crippen LogP contribution is -2.34. The topological polar surface area (TPSA) is 45.2 Å². The summed E-state index contributed by atoms with van der Waals surface area (Å²) in [5, 5.41) is 3.33. The maximum atomic E-state index is 13.3. The monoisotopic (exact) mass is 481 g/mol. The van der Waals surface area contributed by atoms with E-state index in [0.717, 1.165) is 6.07 Å². The summed E-state index contributed by atoms with van der Waals surface area (Å²) in [7, 11) is 0. The first-order chi connectivity index (χ1) is 11.8. The smallest absolute Gasteiger partial charge is 0.367 e. The van der Waals surface area contributed by atoms with E-state index in [4.69, 9.17) is 11.6 Å². The molecule has 0 fully saturated rings. The van der Waals surface area contributed by atoms with Crippen molar-refractivity contribution in [3.63, 3.8) is 0 Å². The molecule has 3 rings (SSSR count). The highest BCUT2D eigenvalue weighted by molar-refractivity contribution is 14.1. The first-order valence-electron chi connectivity index (χ1n) is 7.30. The number of benzene rings is 1. The van der Waals surface area contributed by atoms with Crippen molar-refractivity contribution < 1.29 is 18.0 Å². The van der Waals surface area contributed by atoms with Gasteiger partial charge in [-0.15, -0.1) is 0 Å². The second kappa shape index (κ2) is 6.99. The van der Waals surface area contributed by atoms with Gasteiger partial charge >= 0.3 is 6.18 Å². The van der Waals surface area contributed by atoms with Crippen LogP contribution in [0.1, 0.15) is 21.5 Å². The molecule has 0 spiro atoms. The minimum Gasteiger partial charge on any atom is -0.367 e. The van der Waals surface area contributed by atoms with E-state index in [1.807, 2.05) is 0 Å². The number of fused-ring (bicyclic) bond motifs is 1. The third-order valence-electron chi connectivity index (χ3n) is 3.84. The first kappa shape index (κ1) is 18.2. The van der Waals surface area contributed by atoms with Crippen LogP contribution in [0, 0.1) is 0 Å². The van der Waals surface area contributed by atoms with Gasteiger partial charge in [0.05, 0.1) is 11.3 Å². The van der Waals surface area contributed by atoms with Crippen molar-refractivity contribution in [1.82, 2.24) is 4.98 Å². The average Bonchev–Trinajstić information content (AvgIpc) is 2.53. The zero-order valence-corrected chi connectivity index (χ0v) is 15.6. The van der Waals surface area contributed by atoms with Crippen molar-refractivity contribution in [3.8, 4) is 0 Å². The van der Waals surface area contributed by atoms with Gasteiger partial charge in [-0.2, -0.15) is 13.2 Å². The lowest BCUT2D eigenvalue weighted by atomic mass is 10.1. The van der Waals surface area contributed by atoms with E-state index < -0.39 is 11.7 Å². The average molecular weight is 482 g/mol. The van der Waals surface area contributed by atoms with E-state index in [9.17, 15) is 18.0 Å². The number of carbonyl (C=O) groups excluding carboxylic acids is 1. The number of halogens is 5. The molecule has 4 nitrogen and oxygen atoms in total. The number of aromatic nitrogens is 1. The van der Waals surface area contributed by atoms with Gasteiger partial charge in [0.2, 0.25) is 3.79 Å². The van der Waals surface area contributed by atoms with E-state index >= 15 is 0 Å². The van der Waals surface area contributed by atoms with Gasteiger partial charge in [-0.3, -0.25) is 4.79 Å². The fourth-order valence-electron chi connectivity index (χ4n) is 2.71. The second-order valence-electron chi connectivity index (χ2n) is 5.51. The summed E-state index contributed by atoms with van der Waals surface area (Å²) < 4.78 is 39.6. The second-order valence-corrected chi connectivity index (χ2v) is 6.93. The molecule has 25 heavy (non-hydrogen) atoms. The van der Waals surface area contributed by atoms with E-state index in [0.29, 0.717) is 30.2 Å². The molecular formula is C16H12ClF3IN3O. The molecule has 0 bridgehead atoms. The fourth-order valence-corrected chi connectivity index (χ4v) is 3.20. The van der Waals surface area contributed by atoms with Gasteiger partial charge in [-0.05, 0) is 29.8 Å². The van der Waals surface area contributed by atoms with Crippen LogP contribution in [0.3, 0.4) is 0 Å². The van der Waals surface area contributed by atoms with E-state index in [2.05, 4.69) is 10.3 Å². The number of hydrogen-bond acceptors (Lipinski definition) is 4. The highest BCUT2D eigenvalue weighted by Gasteiger charge is 2.34. The summed E-state index contributed by atoms with van der Waals surface area (Å²) in [5.74, 6) is 0.545. The van der Waals surface area contributed by atoms with Crippen LogP contribution in [-0.4, -0.2) is 21.9 Å². The molecule has 2 heterocycles. The van der Waals surface area contributed by atoms with Crippen LogP contribution in [0.15, 0.2) is 30.5 Å². The Bertz CT molecular complexity index is 829. The van der Waals surface area contributed by atoms with Gasteiger partial charge in [-0.25, -0.2) is 4.98 Å². The molecule has 0 amide bonds. The summed E-state index contributed by atoms with van der Waals surface area (Å²) in [6.07, 6.45) is -3.01. The molecule has 1 aliphatic heterocycles. The highest BCUT2D eigenvalue weighted by Crippen LogP contribution is 2.36. The lowest BCUT2D eigenvalue weighted by Gasteiger charge is -2.32. The van der Waals surface area contributed by atoms with Crippen LogP contribution in [0.2, 0.25) is 5.02 Å². The number of hydrogen-bond donors (Lipinski definition) is 1. The van der Waals surface area contributed by atoms with Crippen molar-refractivity contribution in [3.05, 3.63) is 52.2 Å². The van der Waals surface area contributed by atoms with Gasteiger partial charge in [0.25, 0.3) is 0 Å². The molecule has 0 atom stereocenters. The molecule has 9 heteroatoms. The minimum absolute atomic E-state index is 0.0185. The number of alkyl halides is 3. The molecule has 0 saturated heterocycles. The Morgan fingerprint density at radius 3 is 2.80 bits per heavy atom. The van der Waals surface area contributed by atoms with Crippen LogP contribution >= 0.6 is 34.2 Å². The van der Waals surface area contributed by atoms with E-state index in [1.165, 1.54) is 18.3 Å². The van der Waals surface area contributed by atoms with Crippen molar-refractivity contribution in [2.45, 2.75) is 12.7 Å². The van der Waals surface area contributed by atoms with Crippen LogP contribution in [0.4, 0.5) is 24.7 Å². The maximum Gasteiger partial charge on any atom is 0.416 e. The normalized spacial score (nSPS) is 14.0. The number of pyridine rings is 1. The minimum atomic E-state index is -4.46. The standard InChI is InChI=1S/C16H12ClF3IN3O/c17-11-1-2-12(16(18,19)20)10(5-11)8-24-4-3-22-15-13(24)6-9(7-23-15)14(21)25/h1-2,5-7H,3-4,8H2,(H,22,23). The molecule has 0 radical (unpaired) electrons. The Labute approximate surface area is 160 Å². The summed E-state index contributed by atoms with van der Waals surface area (Å²) in [6.45, 7) is 1.04. The third-order valence-corrected chi connectivity index (χ3v) is 4.70. The Morgan fingerprint density at radius 1 is 1.36 bits per heavy atom. The van der Waals surface area contributed by atoms with Crippen molar-refractivity contribution >= 4 is 49.5 Å². The molecule has 0 saturated carbocycles. The highest BCUT2D eigenvalue weighted by atomic mass is 127. The molecule has 1 aromatic carbocycles. The van der Waals surface area contributed by atoms with Crippen LogP contribution in [0.5, 0.6) is 0 Å². The SMILES string of the molecule is O=C(I)c1cnc2c(c1)N(Cc1cc(Cl)ccc1C(F)(F)F)CCN2. The molecule has 1 N–H and O–H groups in total. The number of nitrogens with one attached hydrogen (secondary N) is 1. The Morgan fingerprint density at radius 2 is 2.12 bits per heavy atom. The van der Waals surface area contributed by atoms with Crippen LogP contribution < -0.4 is 10.2 Å². The lowest BCUT2D eigenvalue weighted by molar-refractivity contribution is -0.138. The van der Waals surface area contributed by atoms with Gasteiger partial charge in [-0.1, -0.05) is 11.6 Å². The van der Waals surface area contributed by atoms with Gasteiger partial charge < -0.3 is 10.2 Å². The summed E-state index contributed by atoms with van der Waals surface area (Å²) in [6, 6.07) is 5.19. The van der Waals surface area contributed by atoms with Crippen LogP contribution in [-0.2, 0) is 12.7 Å². The number of nitrogens with zero attached hydrogens (tertiary/aromatic N) is 2. The van der Waals surface area contributed by atoms with Crippen molar-refractivity contribution in [2.24, 2.45) is 0 Å². The quantitative estimate of drug-likeness (QED) is 0.507. The zero-order chi connectivity index (χ0) is 18.2. The molecule has 2 aromatic rings. The van der Waals surface area contributed by atoms with Crippen molar-refractivity contribution in [2.75, 3.05) is 23.3 Å². The fraction of sp³-hybridized carbons (Fsp3) is 0.250. The number of carbonyl (C=O) groups is 1. The predicted octanol–water partition coefficient (Wildman–Crippen LogP) is 4.76. The zero-order valence-electron chi connectivity index (χ0n) is 12.7. The molecule has 132 valence electrons. The Kier molecular flexibility index (Phi) is 5.10. The van der Waals surface area contributed by atoms with Crippen LogP contribution in [0.25, 0.3) is 0 Å². The Hall–Kier alpha value is -1.55. The van der Waals surface area contributed by atoms with Gasteiger partial charge in [0, 0.05) is 59.0 Å². The molecule has 0 aliphatic carbocycles. The third kappa shape index (κ3) is 4.00. The summed E-state index contributed by atoms with van der Waals surface area (Å²) >= 11 is 7.55. The van der Waals surface area contributed by atoms with E-state index in [1.54, 1.807) is 33.6 Å². The summed E-state index contributed by atoms with van der Waals surface area (Å²) in [4.78, 5) is 17.5. The molecular weight excluding hydrogens is 470 g/mol. The summed E-state index contributed by atoms with van der Waals surface area (Å²) in [5.41, 5.74) is 0.363. The molecule has 1 aromatic heterocycles. The van der Waals surface area contributed by atoms with Crippen molar-refractivity contribution in [1.29, 1.82) is 0 Å². The Balaban J connectivity index is 2.00. The number of anilines is 2. The largest absolute Gasteiger partial charge is 0.416 e. The van der Waals surface area contributed by atoms with Gasteiger partial charge in [0.15, 0.2) is 0 Å². The molecule has 1 aliphatic rings. The predicted molar refractivity (Wildman–Crippen MR) is 98.6 cm³/mol. The number of rotatable bonds is 3. The molecule has 0 unspecified atom stereocenters. The maximum absolute atomic E-state index is 13.3. The first-order valence-corrected chi connectivity index (χ1v) is 8.75. The van der Waals surface area contributed by atoms with E-state index in [-0.39, 0.29) is 20.9 Å².